The van der Waals surface area contributed by atoms with Gasteiger partial charge in [-0.1, -0.05) is 18.5 Å². The average Bonchev–Trinajstić information content (AvgIpc) is 3.01. The molecule has 0 aliphatic rings. The number of sulfone groups is 2. The number of rotatable bonds is 12. The number of carbonyl (C=O) groups is 2. The van der Waals surface area contributed by atoms with Crippen LogP contribution < -0.4 is 14.2 Å². The molecule has 0 radical (unpaired) electrons. The van der Waals surface area contributed by atoms with Crippen molar-refractivity contribution < 1.29 is 67.7 Å². The fraction of sp³-hybridized carbons (Fsp3) is 0.188. The molecule has 0 fully saturated rings. The van der Waals surface area contributed by atoms with Crippen LogP contribution >= 0.6 is 11.6 Å². The maximum Gasteiger partial charge on any atom is 0.420 e. The maximum atomic E-state index is 14.6. The molecule has 0 aromatic heterocycles. The van der Waals surface area contributed by atoms with E-state index in [2.05, 4.69) is 0 Å². The van der Waals surface area contributed by atoms with Gasteiger partial charge in [0.25, 0.3) is 0 Å². The van der Waals surface area contributed by atoms with Gasteiger partial charge < -0.3 is 19.3 Å². The maximum absolute atomic E-state index is 14.6. The zero-order valence-corrected chi connectivity index (χ0v) is 28.0. The Balaban J connectivity index is 1.55. The number of carbonyl (C=O) groups excluding carboxylic acids is 1. The SMILES string of the molecule is CCS(=O)(=O)c1ccc(Oc2cc(OC(=O)CC(C(=O)O)c3cc(F)cc(Oc4ccc(S(C)(=O)=O)cc4C(F)(F)F)c3)ccc2F)c(Cl)c1. The lowest BCUT2D eigenvalue weighted by atomic mass is 9.95. The van der Waals surface area contributed by atoms with Crippen LogP contribution in [0, 0.1) is 11.6 Å². The zero-order chi connectivity index (χ0) is 37.2. The van der Waals surface area contributed by atoms with Gasteiger partial charge in [0.1, 0.15) is 28.8 Å². The highest BCUT2D eigenvalue weighted by Gasteiger charge is 2.36. The Bertz CT molecular complexity index is 2190. The van der Waals surface area contributed by atoms with E-state index in [1.807, 2.05) is 0 Å². The summed E-state index contributed by atoms with van der Waals surface area (Å²) in [7, 11) is -7.65. The number of carboxylic acids is 1. The summed E-state index contributed by atoms with van der Waals surface area (Å²) in [6.07, 6.45) is -5.34. The number of aliphatic carboxylic acids is 1. The number of halogens is 6. The molecule has 0 heterocycles. The van der Waals surface area contributed by atoms with Gasteiger partial charge in [0.2, 0.25) is 0 Å². The van der Waals surface area contributed by atoms with Gasteiger partial charge >= 0.3 is 18.1 Å². The summed E-state index contributed by atoms with van der Waals surface area (Å²) in [6, 6.07) is 10.4. The minimum Gasteiger partial charge on any atom is -0.481 e. The normalized spacial score (nSPS) is 12.6. The Morgan fingerprint density at radius 3 is 2.08 bits per heavy atom. The highest BCUT2D eigenvalue weighted by molar-refractivity contribution is 7.91. The summed E-state index contributed by atoms with van der Waals surface area (Å²) in [5.41, 5.74) is -1.91. The van der Waals surface area contributed by atoms with Gasteiger partial charge in [-0.2, -0.15) is 13.2 Å². The number of ether oxygens (including phenoxy) is 3. The Hall–Kier alpha value is -4.74. The van der Waals surface area contributed by atoms with Crippen molar-refractivity contribution in [2.45, 2.75) is 35.2 Å². The summed E-state index contributed by atoms with van der Waals surface area (Å²) in [4.78, 5) is 24.2. The van der Waals surface area contributed by atoms with E-state index in [9.17, 15) is 53.5 Å². The molecule has 0 saturated carbocycles. The fourth-order valence-corrected chi connectivity index (χ4v) is 6.21. The van der Waals surface area contributed by atoms with Crippen LogP contribution in [0.2, 0.25) is 5.02 Å². The molecular formula is C32H24ClF5O10S2. The molecule has 4 aromatic carbocycles. The number of esters is 1. The van der Waals surface area contributed by atoms with E-state index in [0.29, 0.717) is 30.5 Å². The summed E-state index contributed by atoms with van der Waals surface area (Å²) in [6.45, 7) is 1.43. The lowest BCUT2D eigenvalue weighted by molar-refractivity contribution is -0.144. The van der Waals surface area contributed by atoms with Crippen LogP contribution in [0.5, 0.6) is 28.7 Å². The topological polar surface area (TPSA) is 150 Å². The lowest BCUT2D eigenvalue weighted by Crippen LogP contribution is -2.19. The number of hydrogen-bond acceptors (Lipinski definition) is 9. The molecule has 0 amide bonds. The third-order valence-electron chi connectivity index (χ3n) is 6.87. The monoisotopic (exact) mass is 762 g/mol. The van der Waals surface area contributed by atoms with E-state index < -0.39 is 95.0 Å². The zero-order valence-electron chi connectivity index (χ0n) is 25.6. The molecule has 0 aliphatic heterocycles. The van der Waals surface area contributed by atoms with E-state index in [1.54, 1.807) is 0 Å². The number of carboxylic acid groups (broad SMARTS) is 1. The van der Waals surface area contributed by atoms with Crippen molar-refractivity contribution in [1.82, 2.24) is 0 Å². The molecule has 4 rings (SSSR count). The van der Waals surface area contributed by atoms with Crippen molar-refractivity contribution >= 4 is 43.2 Å². The first-order valence-corrected chi connectivity index (χ1v) is 17.9. The van der Waals surface area contributed by atoms with Crippen LogP contribution in [-0.4, -0.2) is 45.9 Å². The fourth-order valence-electron chi connectivity index (χ4n) is 4.38. The van der Waals surface area contributed by atoms with Crippen molar-refractivity contribution in [3.63, 3.8) is 0 Å². The molecular weight excluding hydrogens is 739 g/mol. The van der Waals surface area contributed by atoms with E-state index >= 15 is 0 Å². The first kappa shape index (κ1) is 38.1. The minimum atomic E-state index is -5.10. The van der Waals surface area contributed by atoms with Crippen molar-refractivity contribution in [3.8, 4) is 28.7 Å². The van der Waals surface area contributed by atoms with Crippen LogP contribution in [-0.2, 0) is 35.4 Å². The first-order valence-electron chi connectivity index (χ1n) is 14.0. The van der Waals surface area contributed by atoms with E-state index in [0.717, 1.165) is 36.4 Å². The largest absolute Gasteiger partial charge is 0.481 e. The Morgan fingerprint density at radius 2 is 1.48 bits per heavy atom. The molecule has 0 bridgehead atoms. The van der Waals surface area contributed by atoms with Crippen LogP contribution in [0.25, 0.3) is 0 Å². The average molecular weight is 763 g/mol. The summed E-state index contributed by atoms with van der Waals surface area (Å²) >= 11 is 6.12. The van der Waals surface area contributed by atoms with Gasteiger partial charge in [0, 0.05) is 18.4 Å². The van der Waals surface area contributed by atoms with Crippen LogP contribution in [0.4, 0.5) is 22.0 Å². The van der Waals surface area contributed by atoms with E-state index in [-0.39, 0.29) is 27.2 Å². The van der Waals surface area contributed by atoms with E-state index in [1.165, 1.54) is 19.1 Å². The molecule has 1 atom stereocenters. The highest BCUT2D eigenvalue weighted by atomic mass is 35.5. The molecule has 1 N–H and O–H groups in total. The number of benzene rings is 4. The van der Waals surface area contributed by atoms with Crippen molar-refractivity contribution in [2.75, 3.05) is 12.0 Å². The molecule has 266 valence electrons. The molecule has 18 heteroatoms. The van der Waals surface area contributed by atoms with Gasteiger partial charge in [0.05, 0.1) is 38.5 Å². The summed E-state index contributed by atoms with van der Waals surface area (Å²) in [5, 5.41) is 9.65. The standard InChI is InChI=1S/C32H24ClF5O10S2/c1-3-50(44,45)22-6-9-28(25(33)15-22)48-29-13-19(4-7-26(29)35)47-30(39)16-23(31(40)41)17-10-18(34)12-20(11-17)46-27-8-5-21(49(2,42)43)14-24(27)32(36,37)38/h4-15,23H,3,16H2,1-2H3,(H,40,41). The van der Waals surface area contributed by atoms with Gasteiger partial charge in [-0.3, -0.25) is 9.59 Å². The Labute approximate surface area is 286 Å². The quantitative estimate of drug-likeness (QED) is 0.0869. The van der Waals surface area contributed by atoms with Gasteiger partial charge in [-0.05, 0) is 66.2 Å². The third-order valence-corrected chi connectivity index (χ3v) is 10.0. The molecule has 50 heavy (non-hydrogen) atoms. The Morgan fingerprint density at radius 1 is 0.820 bits per heavy atom. The van der Waals surface area contributed by atoms with E-state index in [4.69, 9.17) is 25.8 Å². The minimum absolute atomic E-state index is 0.0974. The molecule has 4 aromatic rings. The second kappa shape index (κ2) is 14.6. The second-order valence-corrected chi connectivity index (χ2v) is 15.2. The third kappa shape index (κ3) is 9.28. The lowest BCUT2D eigenvalue weighted by Gasteiger charge is -2.17. The Kier molecular flexibility index (Phi) is 11.1. The number of hydrogen-bond donors (Lipinski definition) is 1. The van der Waals surface area contributed by atoms with Crippen molar-refractivity contribution in [3.05, 3.63) is 101 Å². The molecule has 0 spiro atoms. The summed E-state index contributed by atoms with van der Waals surface area (Å²) in [5.74, 6) is -9.45. The van der Waals surface area contributed by atoms with Crippen molar-refractivity contribution in [1.29, 1.82) is 0 Å². The van der Waals surface area contributed by atoms with Crippen LogP contribution in [0.3, 0.4) is 0 Å². The van der Waals surface area contributed by atoms with Crippen LogP contribution in [0.15, 0.2) is 82.6 Å². The molecule has 1 unspecified atom stereocenters. The predicted octanol–water partition coefficient (Wildman–Crippen LogP) is 7.58. The number of alkyl halides is 3. The predicted molar refractivity (Wildman–Crippen MR) is 167 cm³/mol. The smallest absolute Gasteiger partial charge is 0.420 e. The highest BCUT2D eigenvalue weighted by Crippen LogP contribution is 2.40. The van der Waals surface area contributed by atoms with Crippen LogP contribution in [0.1, 0.15) is 30.4 Å². The van der Waals surface area contributed by atoms with Crippen molar-refractivity contribution in [2.24, 2.45) is 0 Å². The van der Waals surface area contributed by atoms with Gasteiger partial charge in [-0.15, -0.1) is 0 Å². The molecule has 0 aliphatic carbocycles. The molecule has 10 nitrogen and oxygen atoms in total. The van der Waals surface area contributed by atoms with Gasteiger partial charge in [-0.25, -0.2) is 25.6 Å². The summed E-state index contributed by atoms with van der Waals surface area (Å²) < 4.78 is 134. The molecule has 0 saturated heterocycles. The first-order chi connectivity index (χ1) is 23.2. The van der Waals surface area contributed by atoms with Gasteiger partial charge in [0.15, 0.2) is 31.2 Å². The second-order valence-electron chi connectivity index (χ2n) is 10.5.